The van der Waals surface area contributed by atoms with Crippen molar-refractivity contribution in [2.75, 3.05) is 25.1 Å². The van der Waals surface area contributed by atoms with Gasteiger partial charge in [-0.2, -0.15) is 0 Å². The first-order valence-electron chi connectivity index (χ1n) is 16.6. The molecule has 12 heteroatoms. The van der Waals surface area contributed by atoms with E-state index in [4.69, 9.17) is 21.1 Å². The predicted octanol–water partition coefficient (Wildman–Crippen LogP) is 5.04. The molecule has 0 aromatic heterocycles. The molecule has 3 amide bonds. The van der Waals surface area contributed by atoms with Crippen LogP contribution in [0.25, 0.3) is 0 Å². The Morgan fingerprint density at radius 2 is 1.69 bits per heavy atom. The molecule has 0 aliphatic carbocycles. The van der Waals surface area contributed by atoms with Gasteiger partial charge in [-0.25, -0.2) is 0 Å². The Labute approximate surface area is 299 Å². The zero-order chi connectivity index (χ0) is 35.2. The van der Waals surface area contributed by atoms with E-state index in [1.54, 1.807) is 47.2 Å². The standard InChI is InChI=1S/C37H41BrClN3O7/c1-21(2)27(20-43)42-33-35(46)41(25-16-14-24(39)15-17-25)18-10-6-9-13-28(44)40(4)22(3)31(23-11-7-5-8-12-23)48-36(47)29-30(34(42)45)37(33)19-26(38)32(29)49-37/h5-8,10-12,14-17,19,21-22,27,29-33,43H,9,13,18,20H2,1-4H3/b10-6-/t22-,27-,29+,30-,31+,32+,33+,37-/m0/s1. The quantitative estimate of drug-likeness (QED) is 0.336. The van der Waals surface area contributed by atoms with Gasteiger partial charge >= 0.3 is 5.97 Å². The molecule has 0 unspecified atom stereocenters. The number of carbonyl (C=O) groups is 4. The highest BCUT2D eigenvalue weighted by Crippen LogP contribution is 2.59. The van der Waals surface area contributed by atoms with Crippen molar-refractivity contribution in [3.63, 3.8) is 0 Å². The van der Waals surface area contributed by atoms with E-state index in [2.05, 4.69) is 15.9 Å². The molecule has 8 atom stereocenters. The third-order valence-electron chi connectivity index (χ3n) is 10.4. The number of fused-ring (bicyclic) bond motifs is 2. The number of cyclic esters (lactones) is 1. The number of esters is 1. The minimum absolute atomic E-state index is 0.126. The average Bonchev–Trinajstić information content (AvgIpc) is 3.68. The highest BCUT2D eigenvalue weighted by atomic mass is 79.9. The second-order valence-electron chi connectivity index (χ2n) is 13.5. The van der Waals surface area contributed by atoms with Gasteiger partial charge in [0.2, 0.25) is 11.8 Å². The molecular weight excluding hydrogens is 714 g/mol. The van der Waals surface area contributed by atoms with E-state index >= 15 is 4.79 Å². The monoisotopic (exact) mass is 753 g/mol. The summed E-state index contributed by atoms with van der Waals surface area (Å²) in [5, 5.41) is 11.1. The number of likely N-dealkylation sites (tertiary alicyclic amines) is 1. The van der Waals surface area contributed by atoms with Crippen LogP contribution < -0.4 is 4.90 Å². The van der Waals surface area contributed by atoms with Crippen molar-refractivity contribution in [3.8, 4) is 0 Å². The van der Waals surface area contributed by atoms with Crippen LogP contribution in [0.1, 0.15) is 45.3 Å². The fourth-order valence-electron chi connectivity index (χ4n) is 7.68. The molecule has 2 aromatic rings. The van der Waals surface area contributed by atoms with Crippen molar-refractivity contribution >= 4 is 56.9 Å². The molecule has 2 aromatic carbocycles. The van der Waals surface area contributed by atoms with Gasteiger partial charge in [0.05, 0.1) is 24.6 Å². The van der Waals surface area contributed by atoms with Crippen molar-refractivity contribution in [1.82, 2.24) is 9.80 Å². The summed E-state index contributed by atoms with van der Waals surface area (Å²) in [5.74, 6) is -4.14. The highest BCUT2D eigenvalue weighted by molar-refractivity contribution is 9.11. The summed E-state index contributed by atoms with van der Waals surface area (Å²) in [6.07, 6.45) is 4.32. The number of nitrogens with zero attached hydrogens (tertiary/aromatic N) is 3. The van der Waals surface area contributed by atoms with Crippen LogP contribution in [0.2, 0.25) is 5.02 Å². The summed E-state index contributed by atoms with van der Waals surface area (Å²) >= 11 is 9.82. The fraction of sp³-hybridized carbons (Fsp3) is 0.459. The smallest absolute Gasteiger partial charge is 0.313 e. The molecule has 1 N–H and O–H groups in total. The molecule has 4 aliphatic heterocycles. The minimum Gasteiger partial charge on any atom is -0.455 e. The molecular formula is C37H41BrClN3O7. The van der Waals surface area contributed by atoms with Gasteiger partial charge in [-0.3, -0.25) is 19.2 Å². The van der Waals surface area contributed by atoms with Gasteiger partial charge in [-0.1, -0.05) is 83.9 Å². The van der Waals surface area contributed by atoms with E-state index in [1.165, 1.54) is 4.90 Å². The predicted molar refractivity (Wildman–Crippen MR) is 188 cm³/mol. The summed E-state index contributed by atoms with van der Waals surface area (Å²) in [4.78, 5) is 62.2. The molecule has 2 fully saturated rings. The number of amides is 3. The number of aliphatic hydroxyl groups excluding tert-OH is 1. The van der Waals surface area contributed by atoms with Gasteiger partial charge in [0, 0.05) is 35.2 Å². The number of likely N-dealkylation sites (N-methyl/N-ethyl adjacent to an activating group) is 1. The number of hydrogen-bond acceptors (Lipinski definition) is 7. The van der Waals surface area contributed by atoms with Gasteiger partial charge in [-0.15, -0.1) is 0 Å². The molecule has 4 heterocycles. The molecule has 0 saturated carbocycles. The summed E-state index contributed by atoms with van der Waals surface area (Å²) in [6.45, 7) is 5.31. The maximum Gasteiger partial charge on any atom is 0.313 e. The van der Waals surface area contributed by atoms with E-state index in [0.717, 1.165) is 0 Å². The van der Waals surface area contributed by atoms with Crippen LogP contribution in [0.4, 0.5) is 5.69 Å². The lowest BCUT2D eigenvalue weighted by atomic mass is 9.74. The lowest BCUT2D eigenvalue weighted by molar-refractivity contribution is -0.164. The topological polar surface area (TPSA) is 117 Å². The molecule has 2 saturated heterocycles. The van der Waals surface area contributed by atoms with Crippen LogP contribution in [-0.2, 0) is 28.7 Å². The molecule has 0 radical (unpaired) electrons. The number of anilines is 1. The number of ether oxygens (including phenoxy) is 2. The molecule has 5 bridgehead atoms. The van der Waals surface area contributed by atoms with Crippen LogP contribution in [0, 0.1) is 17.8 Å². The number of carbonyl (C=O) groups excluding carboxylic acids is 4. The van der Waals surface area contributed by atoms with Crippen molar-refractivity contribution in [2.24, 2.45) is 17.8 Å². The molecule has 260 valence electrons. The molecule has 6 rings (SSSR count). The van der Waals surface area contributed by atoms with E-state index in [1.807, 2.05) is 63.3 Å². The maximum absolute atomic E-state index is 15.1. The highest BCUT2D eigenvalue weighted by Gasteiger charge is 2.75. The zero-order valence-corrected chi connectivity index (χ0v) is 30.2. The molecule has 10 nitrogen and oxygen atoms in total. The van der Waals surface area contributed by atoms with Crippen LogP contribution in [0.15, 0.2) is 77.3 Å². The van der Waals surface area contributed by atoms with Gasteiger partial charge in [-0.05, 0) is 55.2 Å². The van der Waals surface area contributed by atoms with Gasteiger partial charge in [0.25, 0.3) is 5.91 Å². The Kier molecular flexibility index (Phi) is 10.1. The summed E-state index contributed by atoms with van der Waals surface area (Å²) < 4.78 is 13.5. The SMILES string of the molecule is CC(C)[C@H](CO)N1C(=O)[C@@H]2[C@H]3C(=O)O[C@@H](c4ccccc4)[C@H](C)N(C)C(=O)CC/C=C\CN(c4ccc(Cl)cc4)C(=O)[C@@H]1[C@]21C=C(Br)[C@H]3O1. The Morgan fingerprint density at radius 3 is 2.35 bits per heavy atom. The lowest BCUT2D eigenvalue weighted by Gasteiger charge is -2.40. The minimum atomic E-state index is -1.52. The second-order valence-corrected chi connectivity index (χ2v) is 14.9. The van der Waals surface area contributed by atoms with E-state index in [-0.39, 0.29) is 24.8 Å². The number of halogens is 2. The summed E-state index contributed by atoms with van der Waals surface area (Å²) in [5.41, 5.74) is -0.288. The van der Waals surface area contributed by atoms with Gasteiger partial charge < -0.3 is 29.3 Å². The first-order chi connectivity index (χ1) is 23.4. The zero-order valence-electron chi connectivity index (χ0n) is 27.9. The Morgan fingerprint density at radius 1 is 1.00 bits per heavy atom. The van der Waals surface area contributed by atoms with Crippen molar-refractivity contribution in [2.45, 2.75) is 69.5 Å². The Balaban J connectivity index is 1.51. The Bertz CT molecular complexity index is 1670. The maximum atomic E-state index is 15.1. The number of benzene rings is 2. The normalized spacial score (nSPS) is 32.0. The molecule has 4 aliphatic rings. The van der Waals surface area contributed by atoms with Gasteiger partial charge in [0.15, 0.2) is 0 Å². The lowest BCUT2D eigenvalue weighted by Crippen LogP contribution is -2.59. The van der Waals surface area contributed by atoms with E-state index < -0.39 is 72.2 Å². The Hall–Kier alpha value is -3.51. The van der Waals surface area contributed by atoms with Crippen LogP contribution in [0.5, 0.6) is 0 Å². The average molecular weight is 755 g/mol. The molecule has 49 heavy (non-hydrogen) atoms. The van der Waals surface area contributed by atoms with Crippen molar-refractivity contribution in [3.05, 3.63) is 87.9 Å². The largest absolute Gasteiger partial charge is 0.455 e. The van der Waals surface area contributed by atoms with Crippen LogP contribution in [-0.4, -0.2) is 88.6 Å². The van der Waals surface area contributed by atoms with E-state index in [0.29, 0.717) is 27.2 Å². The van der Waals surface area contributed by atoms with E-state index in [9.17, 15) is 19.5 Å². The van der Waals surface area contributed by atoms with Crippen LogP contribution >= 0.6 is 27.5 Å². The third-order valence-corrected chi connectivity index (χ3v) is 11.3. The third kappa shape index (κ3) is 6.13. The number of rotatable bonds is 5. The number of allylic oxidation sites excluding steroid dienone is 1. The summed E-state index contributed by atoms with van der Waals surface area (Å²) in [7, 11) is 1.69. The second kappa shape index (κ2) is 14.0. The first-order valence-corrected chi connectivity index (χ1v) is 17.8. The van der Waals surface area contributed by atoms with Crippen LogP contribution in [0.3, 0.4) is 0 Å². The fourth-order valence-corrected chi connectivity index (χ4v) is 8.54. The van der Waals surface area contributed by atoms with Gasteiger partial charge in [0.1, 0.15) is 29.8 Å². The summed E-state index contributed by atoms with van der Waals surface area (Å²) in [6, 6.07) is 13.5. The number of aliphatic hydroxyl groups is 1. The van der Waals surface area contributed by atoms with Crippen molar-refractivity contribution in [1.29, 1.82) is 0 Å². The first kappa shape index (κ1) is 35.3. The van der Waals surface area contributed by atoms with Crippen molar-refractivity contribution < 1.29 is 33.8 Å². The number of hydrogen-bond donors (Lipinski definition) is 1. The molecule has 1 spiro atoms.